The van der Waals surface area contributed by atoms with Crippen LogP contribution in [0.3, 0.4) is 0 Å². The molecule has 0 aromatic heterocycles. The van der Waals surface area contributed by atoms with Gasteiger partial charge in [0.25, 0.3) is 5.69 Å². The van der Waals surface area contributed by atoms with E-state index in [1.54, 1.807) is 41.3 Å². The van der Waals surface area contributed by atoms with E-state index in [0.29, 0.717) is 32.4 Å². The molecule has 1 heterocycles. The van der Waals surface area contributed by atoms with Crippen LogP contribution < -0.4 is 11.1 Å². The fourth-order valence-corrected chi connectivity index (χ4v) is 3.72. The van der Waals surface area contributed by atoms with E-state index in [1.165, 1.54) is 12.1 Å². The number of nitrogens with one attached hydrogen (secondary N) is 1. The maximum Gasteiger partial charge on any atom is 0.269 e. The number of hydrogen-bond donors (Lipinski definition) is 3. The number of carbonyl (C=O) groups excluding carboxylic acids is 2. The van der Waals surface area contributed by atoms with E-state index in [1.807, 2.05) is 0 Å². The summed E-state index contributed by atoms with van der Waals surface area (Å²) >= 11 is 0. The van der Waals surface area contributed by atoms with Crippen molar-refractivity contribution in [3.63, 3.8) is 0 Å². The third-order valence-electron chi connectivity index (χ3n) is 5.41. The number of phenolic OH excluding ortho intramolecular Hbond substituents is 1. The van der Waals surface area contributed by atoms with Crippen LogP contribution in [0, 0.1) is 10.1 Å². The number of rotatable bonds is 8. The van der Waals surface area contributed by atoms with Crippen molar-refractivity contribution in [1.29, 1.82) is 0 Å². The maximum absolute atomic E-state index is 12.8. The Hall–Kier alpha value is -3.46. The van der Waals surface area contributed by atoms with E-state index in [9.17, 15) is 24.8 Å². The van der Waals surface area contributed by atoms with E-state index in [4.69, 9.17) is 5.73 Å². The van der Waals surface area contributed by atoms with Crippen molar-refractivity contribution in [2.75, 3.05) is 13.1 Å². The van der Waals surface area contributed by atoms with E-state index in [2.05, 4.69) is 5.32 Å². The van der Waals surface area contributed by atoms with Crippen LogP contribution in [0.4, 0.5) is 5.69 Å². The zero-order valence-electron chi connectivity index (χ0n) is 17.1. The molecule has 4 N–H and O–H groups in total. The topological polar surface area (TPSA) is 139 Å². The first-order valence-corrected chi connectivity index (χ1v) is 10.2. The molecule has 3 rings (SSSR count). The summed E-state index contributed by atoms with van der Waals surface area (Å²) in [5.74, 6) is -0.334. The van der Waals surface area contributed by atoms with Crippen LogP contribution in [0.5, 0.6) is 5.75 Å². The van der Waals surface area contributed by atoms with Gasteiger partial charge < -0.3 is 21.1 Å². The fourth-order valence-electron chi connectivity index (χ4n) is 3.72. The highest BCUT2D eigenvalue weighted by molar-refractivity contribution is 5.90. The number of nitro groups is 1. The van der Waals surface area contributed by atoms with Gasteiger partial charge in [0.15, 0.2) is 0 Å². The van der Waals surface area contributed by atoms with Gasteiger partial charge in [-0.15, -0.1) is 0 Å². The van der Waals surface area contributed by atoms with Gasteiger partial charge in [-0.05, 0) is 48.9 Å². The number of likely N-dealkylation sites (tertiary alicyclic amines) is 1. The molecule has 1 saturated heterocycles. The Labute approximate surface area is 180 Å². The first-order valence-electron chi connectivity index (χ1n) is 10.2. The van der Waals surface area contributed by atoms with E-state index in [0.717, 1.165) is 17.5 Å². The van der Waals surface area contributed by atoms with Gasteiger partial charge >= 0.3 is 0 Å². The zero-order chi connectivity index (χ0) is 22.4. The van der Waals surface area contributed by atoms with Crippen LogP contribution in [-0.4, -0.2) is 51.9 Å². The number of nitro benzene ring substituents is 1. The standard InChI is InChI=1S/C22H26N4O5/c23-19(14-16-5-9-18(27)10-6-16)22(29)25-13-1-2-20(25)21(28)24-12-11-15-3-7-17(8-4-15)26(30)31/h3-10,19-20,27H,1-2,11-14,23H2,(H,24,28)/t19-,20-/m0/s1. The highest BCUT2D eigenvalue weighted by Gasteiger charge is 2.35. The molecule has 2 aromatic carbocycles. The van der Waals surface area contributed by atoms with Gasteiger partial charge in [-0.25, -0.2) is 0 Å². The number of aromatic hydroxyl groups is 1. The van der Waals surface area contributed by atoms with Crippen LogP contribution in [-0.2, 0) is 22.4 Å². The van der Waals surface area contributed by atoms with Gasteiger partial charge in [0.2, 0.25) is 11.8 Å². The molecular weight excluding hydrogens is 400 g/mol. The van der Waals surface area contributed by atoms with Crippen LogP contribution in [0.2, 0.25) is 0 Å². The Bertz CT molecular complexity index is 930. The Morgan fingerprint density at radius 3 is 2.45 bits per heavy atom. The predicted molar refractivity (Wildman–Crippen MR) is 114 cm³/mol. The molecule has 2 aromatic rings. The molecule has 9 nitrogen and oxygen atoms in total. The molecule has 2 amide bonds. The molecule has 0 aliphatic carbocycles. The summed E-state index contributed by atoms with van der Waals surface area (Å²) < 4.78 is 0. The van der Waals surface area contributed by atoms with Crippen molar-refractivity contribution in [1.82, 2.24) is 10.2 Å². The van der Waals surface area contributed by atoms with Crippen LogP contribution >= 0.6 is 0 Å². The van der Waals surface area contributed by atoms with Crippen molar-refractivity contribution in [2.45, 2.75) is 37.8 Å². The van der Waals surface area contributed by atoms with Crippen molar-refractivity contribution < 1.29 is 19.6 Å². The first-order chi connectivity index (χ1) is 14.8. The number of hydrogen-bond acceptors (Lipinski definition) is 6. The normalized spacial score (nSPS) is 16.7. The molecule has 0 saturated carbocycles. The highest BCUT2D eigenvalue weighted by atomic mass is 16.6. The lowest BCUT2D eigenvalue weighted by Crippen LogP contribution is -2.52. The number of amides is 2. The highest BCUT2D eigenvalue weighted by Crippen LogP contribution is 2.20. The molecule has 0 bridgehead atoms. The fraction of sp³-hybridized carbons (Fsp3) is 0.364. The van der Waals surface area contributed by atoms with Crippen LogP contribution in [0.25, 0.3) is 0 Å². The predicted octanol–water partition coefficient (Wildman–Crippen LogP) is 1.52. The van der Waals surface area contributed by atoms with Gasteiger partial charge in [0.1, 0.15) is 11.8 Å². The average Bonchev–Trinajstić information content (AvgIpc) is 3.25. The summed E-state index contributed by atoms with van der Waals surface area (Å²) in [6.07, 6.45) is 2.17. The molecule has 1 aliphatic heterocycles. The van der Waals surface area contributed by atoms with Gasteiger partial charge in [-0.3, -0.25) is 19.7 Å². The van der Waals surface area contributed by atoms with Gasteiger partial charge in [0.05, 0.1) is 11.0 Å². The molecule has 0 unspecified atom stereocenters. The number of benzene rings is 2. The Kier molecular flexibility index (Phi) is 7.19. The number of carbonyl (C=O) groups is 2. The second kappa shape index (κ2) is 10.0. The van der Waals surface area contributed by atoms with Crippen LogP contribution in [0.15, 0.2) is 48.5 Å². The third kappa shape index (κ3) is 5.79. The molecule has 9 heteroatoms. The first kappa shape index (κ1) is 22.2. The molecule has 164 valence electrons. The smallest absolute Gasteiger partial charge is 0.269 e. The van der Waals surface area contributed by atoms with E-state index in [-0.39, 0.29) is 23.3 Å². The summed E-state index contributed by atoms with van der Waals surface area (Å²) in [5, 5.41) is 22.9. The summed E-state index contributed by atoms with van der Waals surface area (Å²) in [6, 6.07) is 11.4. The second-order valence-corrected chi connectivity index (χ2v) is 7.63. The number of non-ortho nitro benzene ring substituents is 1. The van der Waals surface area contributed by atoms with Crippen LogP contribution in [0.1, 0.15) is 24.0 Å². The summed E-state index contributed by atoms with van der Waals surface area (Å²) in [6.45, 7) is 0.858. The molecule has 1 aliphatic rings. The quantitative estimate of drug-likeness (QED) is 0.432. The van der Waals surface area contributed by atoms with Crippen molar-refractivity contribution >= 4 is 17.5 Å². The number of nitrogens with zero attached hydrogens (tertiary/aromatic N) is 2. The van der Waals surface area contributed by atoms with Crippen molar-refractivity contribution in [2.24, 2.45) is 5.73 Å². The number of phenols is 1. The summed E-state index contributed by atoms with van der Waals surface area (Å²) in [4.78, 5) is 37.3. The number of nitrogens with two attached hydrogens (primary N) is 1. The summed E-state index contributed by atoms with van der Waals surface area (Å²) in [7, 11) is 0. The van der Waals surface area contributed by atoms with E-state index < -0.39 is 17.0 Å². The minimum Gasteiger partial charge on any atom is -0.508 e. The molecular formula is C22H26N4O5. The third-order valence-corrected chi connectivity index (χ3v) is 5.41. The van der Waals surface area contributed by atoms with Crippen molar-refractivity contribution in [3.8, 4) is 5.75 Å². The second-order valence-electron chi connectivity index (χ2n) is 7.63. The Morgan fingerprint density at radius 2 is 1.81 bits per heavy atom. The molecule has 0 spiro atoms. The van der Waals surface area contributed by atoms with E-state index >= 15 is 0 Å². The maximum atomic E-state index is 12.8. The zero-order valence-corrected chi connectivity index (χ0v) is 17.1. The average molecular weight is 426 g/mol. The summed E-state index contributed by atoms with van der Waals surface area (Å²) in [5.41, 5.74) is 7.84. The lowest BCUT2D eigenvalue weighted by Gasteiger charge is -2.26. The minimum atomic E-state index is -0.766. The lowest BCUT2D eigenvalue weighted by molar-refractivity contribution is -0.384. The molecule has 1 fully saturated rings. The van der Waals surface area contributed by atoms with Gasteiger partial charge in [-0.2, -0.15) is 0 Å². The Morgan fingerprint density at radius 1 is 1.16 bits per heavy atom. The SMILES string of the molecule is N[C@@H](Cc1ccc(O)cc1)C(=O)N1CCC[C@H]1C(=O)NCCc1ccc([N+](=O)[O-])cc1. The van der Waals surface area contributed by atoms with Gasteiger partial charge in [-0.1, -0.05) is 24.3 Å². The Balaban J connectivity index is 1.51. The molecule has 31 heavy (non-hydrogen) atoms. The van der Waals surface area contributed by atoms with Crippen molar-refractivity contribution in [3.05, 3.63) is 69.8 Å². The largest absolute Gasteiger partial charge is 0.508 e. The lowest BCUT2D eigenvalue weighted by atomic mass is 10.0. The van der Waals surface area contributed by atoms with Gasteiger partial charge in [0, 0.05) is 25.2 Å². The monoisotopic (exact) mass is 426 g/mol. The minimum absolute atomic E-state index is 0.0246. The molecule has 2 atom stereocenters. The molecule has 0 radical (unpaired) electrons.